The molecule has 1 aromatic rings. The predicted molar refractivity (Wildman–Crippen MR) is 88.5 cm³/mol. The Hall–Kier alpha value is -2.06. The molecule has 0 unspecified atom stereocenters. The highest BCUT2D eigenvalue weighted by atomic mass is 19.1. The lowest BCUT2D eigenvalue weighted by atomic mass is 9.96. The fraction of sp³-hybridized carbons (Fsp3) is 0.526. The molecule has 0 radical (unpaired) electrons. The van der Waals surface area contributed by atoms with Crippen molar-refractivity contribution in [2.45, 2.75) is 52.2 Å². The number of hydrogen-bond donors (Lipinski definition) is 0. The molecule has 0 amide bonds. The van der Waals surface area contributed by atoms with Crippen LogP contribution in [0.25, 0.3) is 0 Å². The SMILES string of the molecule is COC(=O)[C@H](C#Cc1cc(F)c2c(c1C)CCCO2)OC(C)(C)C. The number of methoxy groups -OCH3 is 1. The fourth-order valence-electron chi connectivity index (χ4n) is 2.53. The summed E-state index contributed by atoms with van der Waals surface area (Å²) in [5.41, 5.74) is 1.69. The second-order valence-electron chi connectivity index (χ2n) is 6.69. The zero-order valence-electron chi connectivity index (χ0n) is 14.8. The van der Waals surface area contributed by atoms with Crippen molar-refractivity contribution in [3.8, 4) is 17.6 Å². The van der Waals surface area contributed by atoms with E-state index >= 15 is 0 Å². The summed E-state index contributed by atoms with van der Waals surface area (Å²) in [6.07, 6.45) is 0.582. The van der Waals surface area contributed by atoms with Crippen molar-refractivity contribution in [1.82, 2.24) is 0 Å². The molecule has 1 atom stereocenters. The van der Waals surface area contributed by atoms with Crippen LogP contribution < -0.4 is 4.74 Å². The maximum Gasteiger partial charge on any atom is 0.347 e. The Labute approximate surface area is 142 Å². The standard InChI is InChI=1S/C19H23FO4/c1-12-13(11-15(20)17-14(12)7-6-10-23-17)8-9-16(18(21)22-5)24-19(2,3)4/h11,16H,6-7,10H2,1-5H3/t16-/m0/s1. The fourth-order valence-corrected chi connectivity index (χ4v) is 2.53. The quantitative estimate of drug-likeness (QED) is 0.616. The van der Waals surface area contributed by atoms with E-state index < -0.39 is 23.5 Å². The monoisotopic (exact) mass is 334 g/mol. The molecule has 0 aromatic heterocycles. The number of carbonyl (C=O) groups is 1. The van der Waals surface area contributed by atoms with E-state index in [1.54, 1.807) is 0 Å². The van der Waals surface area contributed by atoms with E-state index in [4.69, 9.17) is 14.2 Å². The van der Waals surface area contributed by atoms with Crippen LogP contribution in [0, 0.1) is 24.6 Å². The molecule has 4 nitrogen and oxygen atoms in total. The van der Waals surface area contributed by atoms with Crippen LogP contribution >= 0.6 is 0 Å². The maximum absolute atomic E-state index is 14.2. The highest BCUT2D eigenvalue weighted by Gasteiger charge is 2.25. The summed E-state index contributed by atoms with van der Waals surface area (Å²) in [6.45, 7) is 7.89. The largest absolute Gasteiger partial charge is 0.490 e. The Kier molecular flexibility index (Phi) is 5.51. The number of hydrogen-bond acceptors (Lipinski definition) is 4. The van der Waals surface area contributed by atoms with Gasteiger partial charge in [-0.2, -0.15) is 0 Å². The molecule has 0 spiro atoms. The molecule has 130 valence electrons. The lowest BCUT2D eigenvalue weighted by molar-refractivity contribution is -0.157. The van der Waals surface area contributed by atoms with Crippen molar-refractivity contribution >= 4 is 5.97 Å². The normalized spacial score (nSPS) is 14.8. The highest BCUT2D eigenvalue weighted by molar-refractivity contribution is 5.78. The van der Waals surface area contributed by atoms with Gasteiger partial charge in [0.05, 0.1) is 19.3 Å². The zero-order chi connectivity index (χ0) is 17.9. The molecule has 5 heteroatoms. The van der Waals surface area contributed by atoms with Crippen LogP contribution in [0.3, 0.4) is 0 Å². The van der Waals surface area contributed by atoms with Crippen molar-refractivity contribution in [2.24, 2.45) is 0 Å². The molecule has 0 aliphatic carbocycles. The second kappa shape index (κ2) is 7.23. The van der Waals surface area contributed by atoms with Gasteiger partial charge >= 0.3 is 5.97 Å². The van der Waals surface area contributed by atoms with E-state index in [0.29, 0.717) is 17.9 Å². The first-order valence-electron chi connectivity index (χ1n) is 7.95. The van der Waals surface area contributed by atoms with Crippen LogP contribution in [0.1, 0.15) is 43.9 Å². The summed E-state index contributed by atoms with van der Waals surface area (Å²) >= 11 is 0. The number of fused-ring (bicyclic) bond motifs is 1. The predicted octanol–water partition coefficient (Wildman–Crippen LogP) is 3.17. The van der Waals surface area contributed by atoms with Crippen LogP contribution in [0.15, 0.2) is 6.07 Å². The summed E-state index contributed by atoms with van der Waals surface area (Å²) in [4.78, 5) is 11.9. The molecule has 0 fully saturated rings. The minimum absolute atomic E-state index is 0.319. The van der Waals surface area contributed by atoms with Crippen molar-refractivity contribution in [3.05, 3.63) is 28.6 Å². The third-order valence-electron chi connectivity index (χ3n) is 3.66. The molecule has 1 aliphatic rings. The van der Waals surface area contributed by atoms with Gasteiger partial charge in [0.25, 0.3) is 0 Å². The summed E-state index contributed by atoms with van der Waals surface area (Å²) < 4.78 is 30.0. The van der Waals surface area contributed by atoms with Gasteiger partial charge in [0.2, 0.25) is 6.10 Å². The molecule has 0 bridgehead atoms. The van der Waals surface area contributed by atoms with E-state index in [2.05, 4.69) is 11.8 Å². The Morgan fingerprint density at radius 2 is 2.12 bits per heavy atom. The van der Waals surface area contributed by atoms with Gasteiger partial charge in [-0.3, -0.25) is 0 Å². The maximum atomic E-state index is 14.2. The molecule has 1 aliphatic heterocycles. The number of halogens is 1. The molecular formula is C19H23FO4. The first kappa shape index (κ1) is 18.3. The van der Waals surface area contributed by atoms with Crippen LogP contribution in [0.2, 0.25) is 0 Å². The van der Waals surface area contributed by atoms with Gasteiger partial charge in [-0.15, -0.1) is 0 Å². The molecular weight excluding hydrogens is 311 g/mol. The molecule has 1 aromatic carbocycles. The first-order chi connectivity index (χ1) is 11.2. The van der Waals surface area contributed by atoms with Gasteiger partial charge in [-0.25, -0.2) is 9.18 Å². The average molecular weight is 334 g/mol. The third-order valence-corrected chi connectivity index (χ3v) is 3.66. The lowest BCUT2D eigenvalue weighted by Gasteiger charge is -2.23. The number of esters is 1. The number of ether oxygens (including phenoxy) is 3. The highest BCUT2D eigenvalue weighted by Crippen LogP contribution is 2.32. The van der Waals surface area contributed by atoms with Gasteiger partial charge in [0.1, 0.15) is 0 Å². The van der Waals surface area contributed by atoms with E-state index in [-0.39, 0.29) is 0 Å². The van der Waals surface area contributed by atoms with Gasteiger partial charge in [0, 0.05) is 11.1 Å². The number of benzene rings is 1. The summed E-state index contributed by atoms with van der Waals surface area (Å²) in [5.74, 6) is 4.96. The minimum atomic E-state index is -1.02. The molecule has 0 saturated heterocycles. The van der Waals surface area contributed by atoms with Crippen LogP contribution in [-0.4, -0.2) is 31.4 Å². The van der Waals surface area contributed by atoms with E-state index in [1.807, 2.05) is 27.7 Å². The van der Waals surface area contributed by atoms with Gasteiger partial charge in [-0.1, -0.05) is 11.8 Å². The van der Waals surface area contributed by atoms with Gasteiger partial charge in [-0.05, 0) is 52.2 Å². The number of rotatable bonds is 2. The van der Waals surface area contributed by atoms with Crippen LogP contribution in [-0.2, 0) is 20.7 Å². The van der Waals surface area contributed by atoms with E-state index in [1.165, 1.54) is 13.2 Å². The lowest BCUT2D eigenvalue weighted by Crippen LogP contribution is -2.33. The molecule has 2 rings (SSSR count). The van der Waals surface area contributed by atoms with Crippen molar-refractivity contribution in [2.75, 3.05) is 13.7 Å². The minimum Gasteiger partial charge on any atom is -0.490 e. The Morgan fingerprint density at radius 3 is 2.75 bits per heavy atom. The van der Waals surface area contributed by atoms with Crippen LogP contribution in [0.5, 0.6) is 5.75 Å². The second-order valence-corrected chi connectivity index (χ2v) is 6.69. The molecule has 24 heavy (non-hydrogen) atoms. The Bertz CT molecular complexity index is 692. The van der Waals surface area contributed by atoms with Crippen LogP contribution in [0.4, 0.5) is 4.39 Å². The third kappa shape index (κ3) is 4.27. The number of carbonyl (C=O) groups excluding carboxylic acids is 1. The van der Waals surface area contributed by atoms with Gasteiger partial charge < -0.3 is 14.2 Å². The molecule has 0 N–H and O–H groups in total. The van der Waals surface area contributed by atoms with E-state index in [0.717, 1.165) is 24.0 Å². The topological polar surface area (TPSA) is 44.8 Å². The average Bonchev–Trinajstić information content (AvgIpc) is 2.53. The summed E-state index contributed by atoms with van der Waals surface area (Å²) in [7, 11) is 1.28. The summed E-state index contributed by atoms with van der Waals surface area (Å²) in [6, 6.07) is 1.35. The first-order valence-corrected chi connectivity index (χ1v) is 7.95. The molecule has 0 saturated carbocycles. The Morgan fingerprint density at radius 1 is 1.42 bits per heavy atom. The van der Waals surface area contributed by atoms with Crippen molar-refractivity contribution in [3.63, 3.8) is 0 Å². The zero-order valence-corrected chi connectivity index (χ0v) is 14.8. The van der Waals surface area contributed by atoms with Crippen molar-refractivity contribution in [1.29, 1.82) is 0 Å². The van der Waals surface area contributed by atoms with Crippen molar-refractivity contribution < 1.29 is 23.4 Å². The summed E-state index contributed by atoms with van der Waals surface area (Å²) in [5, 5.41) is 0. The van der Waals surface area contributed by atoms with E-state index in [9.17, 15) is 9.18 Å². The Balaban J connectivity index is 2.37. The smallest absolute Gasteiger partial charge is 0.347 e. The van der Waals surface area contributed by atoms with Gasteiger partial charge in [0.15, 0.2) is 11.6 Å². The molecule has 1 heterocycles.